The third kappa shape index (κ3) is 6.06. The van der Waals surface area contributed by atoms with Crippen molar-refractivity contribution < 1.29 is 9.47 Å². The number of nitrogens with one attached hydrogen (secondary N) is 1. The summed E-state index contributed by atoms with van der Waals surface area (Å²) in [5, 5.41) is 3.64. The monoisotopic (exact) mass is 293 g/mol. The van der Waals surface area contributed by atoms with E-state index in [-0.39, 0.29) is 12.1 Å². The van der Waals surface area contributed by atoms with Crippen molar-refractivity contribution in [2.45, 2.75) is 59.1 Å². The quantitative estimate of drug-likeness (QED) is 0.658. The van der Waals surface area contributed by atoms with Crippen molar-refractivity contribution in [3.63, 3.8) is 0 Å². The highest BCUT2D eigenvalue weighted by molar-refractivity contribution is 5.31. The number of ether oxygens (including phenoxy) is 2. The SMILES string of the molecule is CCCNC(c1cccc(OCC)c1)C(CCC)OCC. The van der Waals surface area contributed by atoms with Crippen LogP contribution in [0.1, 0.15) is 58.6 Å². The van der Waals surface area contributed by atoms with Crippen LogP contribution in [0, 0.1) is 0 Å². The van der Waals surface area contributed by atoms with E-state index in [0.717, 1.165) is 38.2 Å². The smallest absolute Gasteiger partial charge is 0.119 e. The Morgan fingerprint density at radius 1 is 1.05 bits per heavy atom. The molecule has 3 heteroatoms. The zero-order chi connectivity index (χ0) is 15.5. The van der Waals surface area contributed by atoms with Crippen molar-refractivity contribution in [2.24, 2.45) is 0 Å². The van der Waals surface area contributed by atoms with Crippen molar-refractivity contribution in [2.75, 3.05) is 19.8 Å². The molecule has 3 nitrogen and oxygen atoms in total. The van der Waals surface area contributed by atoms with E-state index in [2.05, 4.69) is 44.3 Å². The average Bonchev–Trinajstić information content (AvgIpc) is 2.49. The Bertz CT molecular complexity index is 375. The van der Waals surface area contributed by atoms with Crippen LogP contribution in [0.25, 0.3) is 0 Å². The van der Waals surface area contributed by atoms with Gasteiger partial charge in [0.15, 0.2) is 0 Å². The summed E-state index contributed by atoms with van der Waals surface area (Å²) in [5.74, 6) is 0.935. The molecule has 0 spiro atoms. The lowest BCUT2D eigenvalue weighted by molar-refractivity contribution is 0.0276. The zero-order valence-electron chi connectivity index (χ0n) is 14.0. The molecule has 2 unspecified atom stereocenters. The molecule has 120 valence electrons. The molecule has 1 aromatic carbocycles. The highest BCUT2D eigenvalue weighted by Crippen LogP contribution is 2.26. The normalized spacial score (nSPS) is 13.9. The number of hydrogen-bond donors (Lipinski definition) is 1. The van der Waals surface area contributed by atoms with Crippen molar-refractivity contribution in [1.29, 1.82) is 0 Å². The first-order valence-electron chi connectivity index (χ1n) is 8.34. The van der Waals surface area contributed by atoms with E-state index < -0.39 is 0 Å². The van der Waals surface area contributed by atoms with Crippen molar-refractivity contribution in [1.82, 2.24) is 5.32 Å². The third-order valence-electron chi connectivity index (χ3n) is 3.47. The molecule has 0 aromatic heterocycles. The Balaban J connectivity index is 2.95. The standard InChI is InChI=1S/C18H31NO2/c1-5-10-17(21-8-4)18(19-13-6-2)15-11-9-12-16(14-15)20-7-3/h9,11-12,14,17-19H,5-8,10,13H2,1-4H3. The molecule has 1 N–H and O–H groups in total. The van der Waals surface area contributed by atoms with Gasteiger partial charge in [-0.1, -0.05) is 32.4 Å². The van der Waals surface area contributed by atoms with Gasteiger partial charge in [0, 0.05) is 6.61 Å². The highest BCUT2D eigenvalue weighted by Gasteiger charge is 2.22. The van der Waals surface area contributed by atoms with Crippen LogP contribution < -0.4 is 10.1 Å². The lowest BCUT2D eigenvalue weighted by Crippen LogP contribution is -2.34. The Morgan fingerprint density at radius 3 is 2.48 bits per heavy atom. The Labute approximate surface area is 130 Å². The van der Waals surface area contributed by atoms with Gasteiger partial charge in [-0.05, 0) is 50.9 Å². The summed E-state index contributed by atoms with van der Waals surface area (Å²) in [4.78, 5) is 0. The van der Waals surface area contributed by atoms with Crippen molar-refractivity contribution in [3.05, 3.63) is 29.8 Å². The van der Waals surface area contributed by atoms with E-state index in [4.69, 9.17) is 9.47 Å². The van der Waals surface area contributed by atoms with Crippen molar-refractivity contribution in [3.8, 4) is 5.75 Å². The van der Waals surface area contributed by atoms with Gasteiger partial charge in [-0.15, -0.1) is 0 Å². The fraction of sp³-hybridized carbons (Fsp3) is 0.667. The van der Waals surface area contributed by atoms with Gasteiger partial charge in [0.2, 0.25) is 0 Å². The van der Waals surface area contributed by atoms with Gasteiger partial charge < -0.3 is 14.8 Å². The van der Waals surface area contributed by atoms with Crippen molar-refractivity contribution >= 4 is 0 Å². The second-order valence-corrected chi connectivity index (χ2v) is 5.22. The summed E-state index contributed by atoms with van der Waals surface area (Å²) in [5.41, 5.74) is 1.25. The number of benzene rings is 1. The zero-order valence-corrected chi connectivity index (χ0v) is 14.0. The van der Waals surface area contributed by atoms with E-state index in [1.807, 2.05) is 13.0 Å². The summed E-state index contributed by atoms with van der Waals surface area (Å²) in [6.07, 6.45) is 3.52. The summed E-state index contributed by atoms with van der Waals surface area (Å²) in [6.45, 7) is 10.9. The molecular weight excluding hydrogens is 262 g/mol. The maximum absolute atomic E-state index is 5.99. The molecule has 21 heavy (non-hydrogen) atoms. The van der Waals surface area contributed by atoms with E-state index in [0.29, 0.717) is 6.61 Å². The fourth-order valence-electron chi connectivity index (χ4n) is 2.57. The topological polar surface area (TPSA) is 30.5 Å². The molecule has 0 radical (unpaired) electrons. The molecule has 0 aliphatic carbocycles. The first-order chi connectivity index (χ1) is 10.3. The number of hydrogen-bond acceptors (Lipinski definition) is 3. The van der Waals surface area contributed by atoms with Gasteiger partial charge in [-0.2, -0.15) is 0 Å². The van der Waals surface area contributed by atoms with Crippen LogP contribution in [-0.4, -0.2) is 25.9 Å². The molecular formula is C18H31NO2. The fourth-order valence-corrected chi connectivity index (χ4v) is 2.57. The van der Waals surface area contributed by atoms with Gasteiger partial charge in [0.05, 0.1) is 18.8 Å². The minimum absolute atomic E-state index is 0.212. The maximum Gasteiger partial charge on any atom is 0.119 e. The van der Waals surface area contributed by atoms with Crippen LogP contribution in [0.4, 0.5) is 0 Å². The molecule has 0 aliphatic rings. The van der Waals surface area contributed by atoms with Gasteiger partial charge in [-0.3, -0.25) is 0 Å². The highest BCUT2D eigenvalue weighted by atomic mass is 16.5. The van der Waals surface area contributed by atoms with Gasteiger partial charge in [0.25, 0.3) is 0 Å². The van der Waals surface area contributed by atoms with E-state index >= 15 is 0 Å². The summed E-state index contributed by atoms with van der Waals surface area (Å²) in [7, 11) is 0. The predicted molar refractivity (Wildman–Crippen MR) is 89.0 cm³/mol. The maximum atomic E-state index is 5.99. The lowest BCUT2D eigenvalue weighted by atomic mass is 9.97. The van der Waals surface area contributed by atoms with Crippen LogP contribution in [0.15, 0.2) is 24.3 Å². The average molecular weight is 293 g/mol. The largest absolute Gasteiger partial charge is 0.494 e. The van der Waals surface area contributed by atoms with Crippen LogP contribution in [-0.2, 0) is 4.74 Å². The molecule has 1 rings (SSSR count). The van der Waals surface area contributed by atoms with Crippen LogP contribution >= 0.6 is 0 Å². The van der Waals surface area contributed by atoms with Gasteiger partial charge >= 0.3 is 0 Å². The Kier molecular flexibility index (Phi) is 9.11. The van der Waals surface area contributed by atoms with Crippen LogP contribution in [0.3, 0.4) is 0 Å². The van der Waals surface area contributed by atoms with Crippen LogP contribution in [0.2, 0.25) is 0 Å². The molecule has 0 bridgehead atoms. The summed E-state index contributed by atoms with van der Waals surface area (Å²) in [6, 6.07) is 8.61. The molecule has 0 saturated heterocycles. The predicted octanol–water partition coefficient (Wildman–Crippen LogP) is 4.33. The third-order valence-corrected chi connectivity index (χ3v) is 3.47. The van der Waals surface area contributed by atoms with E-state index in [9.17, 15) is 0 Å². The molecule has 0 saturated carbocycles. The molecule has 0 amide bonds. The second kappa shape index (κ2) is 10.6. The first kappa shape index (κ1) is 18.0. The van der Waals surface area contributed by atoms with E-state index in [1.165, 1.54) is 5.56 Å². The molecule has 1 aromatic rings. The molecule has 0 heterocycles. The lowest BCUT2D eigenvalue weighted by Gasteiger charge is -2.28. The van der Waals surface area contributed by atoms with Crippen LogP contribution in [0.5, 0.6) is 5.75 Å². The summed E-state index contributed by atoms with van der Waals surface area (Å²) < 4.78 is 11.6. The minimum Gasteiger partial charge on any atom is -0.494 e. The molecule has 0 fully saturated rings. The molecule has 0 aliphatic heterocycles. The second-order valence-electron chi connectivity index (χ2n) is 5.22. The summed E-state index contributed by atoms with van der Waals surface area (Å²) >= 11 is 0. The van der Waals surface area contributed by atoms with E-state index in [1.54, 1.807) is 0 Å². The minimum atomic E-state index is 0.212. The first-order valence-corrected chi connectivity index (χ1v) is 8.34. The Hall–Kier alpha value is -1.06. The Morgan fingerprint density at radius 2 is 1.86 bits per heavy atom. The van der Waals surface area contributed by atoms with Gasteiger partial charge in [0.1, 0.15) is 5.75 Å². The molecule has 2 atom stereocenters. The van der Waals surface area contributed by atoms with Gasteiger partial charge in [-0.25, -0.2) is 0 Å². The number of rotatable bonds is 11.